The van der Waals surface area contributed by atoms with Crippen LogP contribution in [0.15, 0.2) is 66.7 Å². The zero-order valence-electron chi connectivity index (χ0n) is 14.7. The van der Waals surface area contributed by atoms with Crippen LogP contribution in [0.1, 0.15) is 39.9 Å². The first-order valence-corrected chi connectivity index (χ1v) is 8.68. The van der Waals surface area contributed by atoms with Crippen LogP contribution in [0.5, 0.6) is 0 Å². The molecule has 0 amide bonds. The normalized spacial score (nSPS) is 14.3. The summed E-state index contributed by atoms with van der Waals surface area (Å²) in [6, 6.07) is 19.9. The number of nitrogens with zero attached hydrogens (tertiary/aromatic N) is 1. The average molecular weight is 359 g/mol. The highest BCUT2D eigenvalue weighted by Crippen LogP contribution is 2.44. The Balaban J connectivity index is 1.50. The van der Waals surface area contributed by atoms with Gasteiger partial charge in [0.25, 0.3) is 5.69 Å². The van der Waals surface area contributed by atoms with Crippen molar-refractivity contribution in [3.05, 3.63) is 99.1 Å². The third-order valence-corrected chi connectivity index (χ3v) is 4.99. The molecule has 0 heterocycles. The summed E-state index contributed by atoms with van der Waals surface area (Å²) in [6.07, 6.45) is 0. The maximum absolute atomic E-state index is 12.4. The summed E-state index contributed by atoms with van der Waals surface area (Å²) < 4.78 is 5.38. The number of fused-ring (bicyclic) bond motifs is 3. The van der Waals surface area contributed by atoms with Crippen LogP contribution in [-0.2, 0) is 11.3 Å². The standard InChI is InChI=1S/C22H17NO4/c1-14-18-4-2-3-5-19(18)20-11-8-16(12-21(14)20)22(24)27-13-15-6-9-17(10-7-15)23(25)26/h2-12,14H,13H2,1H3. The predicted octanol–water partition coefficient (Wildman–Crippen LogP) is 5.08. The highest BCUT2D eigenvalue weighted by molar-refractivity contribution is 5.92. The number of esters is 1. The van der Waals surface area contributed by atoms with Crippen molar-refractivity contribution >= 4 is 11.7 Å². The molecule has 3 aromatic rings. The molecule has 1 unspecified atom stereocenters. The molecule has 4 rings (SSSR count). The summed E-state index contributed by atoms with van der Waals surface area (Å²) in [5, 5.41) is 10.7. The lowest BCUT2D eigenvalue weighted by Crippen LogP contribution is -2.06. The van der Waals surface area contributed by atoms with Gasteiger partial charge in [0, 0.05) is 18.1 Å². The van der Waals surface area contributed by atoms with E-state index in [1.165, 1.54) is 23.3 Å². The molecule has 27 heavy (non-hydrogen) atoms. The zero-order chi connectivity index (χ0) is 19.0. The highest BCUT2D eigenvalue weighted by atomic mass is 16.6. The molecule has 0 aromatic heterocycles. The Bertz CT molecular complexity index is 1040. The van der Waals surface area contributed by atoms with Gasteiger partial charge in [-0.15, -0.1) is 0 Å². The Morgan fingerprint density at radius 3 is 2.44 bits per heavy atom. The number of nitro benzene ring substituents is 1. The first-order chi connectivity index (χ1) is 13.0. The van der Waals surface area contributed by atoms with Gasteiger partial charge in [-0.25, -0.2) is 4.79 Å². The summed E-state index contributed by atoms with van der Waals surface area (Å²) in [5.41, 5.74) is 5.99. The lowest BCUT2D eigenvalue weighted by molar-refractivity contribution is -0.384. The number of rotatable bonds is 4. The van der Waals surface area contributed by atoms with Crippen molar-refractivity contribution in [1.29, 1.82) is 0 Å². The minimum atomic E-state index is -0.459. The molecule has 3 aromatic carbocycles. The van der Waals surface area contributed by atoms with E-state index in [9.17, 15) is 14.9 Å². The lowest BCUT2D eigenvalue weighted by Gasteiger charge is -2.09. The molecular weight excluding hydrogens is 342 g/mol. The number of carbonyl (C=O) groups excluding carboxylic acids is 1. The van der Waals surface area contributed by atoms with Crippen LogP contribution >= 0.6 is 0 Å². The Labute approximate surface area is 156 Å². The number of ether oxygens (including phenoxy) is 1. The molecular formula is C22H17NO4. The molecule has 5 heteroatoms. The van der Waals surface area contributed by atoms with E-state index < -0.39 is 10.9 Å². The van der Waals surface area contributed by atoms with E-state index in [2.05, 4.69) is 19.1 Å². The van der Waals surface area contributed by atoms with E-state index in [0.717, 1.165) is 11.1 Å². The fraction of sp³-hybridized carbons (Fsp3) is 0.136. The van der Waals surface area contributed by atoms with Gasteiger partial charge in [0.15, 0.2) is 0 Å². The van der Waals surface area contributed by atoms with E-state index in [-0.39, 0.29) is 18.2 Å². The van der Waals surface area contributed by atoms with Gasteiger partial charge in [0.2, 0.25) is 0 Å². The maximum atomic E-state index is 12.4. The Morgan fingerprint density at radius 1 is 1.00 bits per heavy atom. The van der Waals surface area contributed by atoms with E-state index in [4.69, 9.17) is 4.74 Å². The van der Waals surface area contributed by atoms with Gasteiger partial charge in [-0.05, 0) is 52.1 Å². The number of hydrogen-bond acceptors (Lipinski definition) is 4. The quantitative estimate of drug-likeness (QED) is 0.370. The van der Waals surface area contributed by atoms with Crippen molar-refractivity contribution in [1.82, 2.24) is 0 Å². The number of hydrogen-bond donors (Lipinski definition) is 0. The molecule has 0 fully saturated rings. The molecule has 0 radical (unpaired) electrons. The van der Waals surface area contributed by atoms with Crippen molar-refractivity contribution in [3.8, 4) is 11.1 Å². The minimum absolute atomic E-state index is 0.0113. The molecule has 0 bridgehead atoms. The fourth-order valence-corrected chi connectivity index (χ4v) is 3.53. The van der Waals surface area contributed by atoms with Crippen molar-refractivity contribution in [2.75, 3.05) is 0 Å². The number of non-ortho nitro benzene ring substituents is 1. The van der Waals surface area contributed by atoms with Crippen LogP contribution in [0, 0.1) is 10.1 Å². The number of nitro groups is 1. The van der Waals surface area contributed by atoms with Gasteiger partial charge in [-0.3, -0.25) is 10.1 Å². The Hall–Kier alpha value is -3.47. The zero-order valence-corrected chi connectivity index (χ0v) is 14.7. The summed E-state index contributed by atoms with van der Waals surface area (Å²) in [6.45, 7) is 2.21. The van der Waals surface area contributed by atoms with Crippen LogP contribution in [0.4, 0.5) is 5.69 Å². The second-order valence-corrected chi connectivity index (χ2v) is 6.61. The molecule has 134 valence electrons. The van der Waals surface area contributed by atoms with E-state index >= 15 is 0 Å². The van der Waals surface area contributed by atoms with E-state index in [1.54, 1.807) is 18.2 Å². The lowest BCUT2D eigenvalue weighted by atomic mass is 9.98. The average Bonchev–Trinajstić information content (AvgIpc) is 2.98. The van der Waals surface area contributed by atoms with Gasteiger partial charge in [-0.2, -0.15) is 0 Å². The molecule has 1 aliphatic rings. The first kappa shape index (κ1) is 17.0. The molecule has 5 nitrogen and oxygen atoms in total. The first-order valence-electron chi connectivity index (χ1n) is 8.68. The third kappa shape index (κ3) is 3.08. The van der Waals surface area contributed by atoms with Crippen molar-refractivity contribution in [2.45, 2.75) is 19.4 Å². The molecule has 0 N–H and O–H groups in total. The van der Waals surface area contributed by atoms with Crippen LogP contribution < -0.4 is 0 Å². The fourth-order valence-electron chi connectivity index (χ4n) is 3.53. The topological polar surface area (TPSA) is 69.4 Å². The molecule has 0 aliphatic heterocycles. The SMILES string of the molecule is CC1c2ccccc2-c2ccc(C(=O)OCc3ccc([N+](=O)[O-])cc3)cc21. The van der Waals surface area contributed by atoms with E-state index in [1.807, 2.05) is 24.3 Å². The molecule has 0 spiro atoms. The van der Waals surface area contributed by atoms with Crippen LogP contribution in [0.25, 0.3) is 11.1 Å². The van der Waals surface area contributed by atoms with Gasteiger partial charge >= 0.3 is 5.97 Å². The summed E-state index contributed by atoms with van der Waals surface area (Å²) in [5.74, 6) is -0.169. The Kier molecular flexibility index (Phi) is 4.20. The van der Waals surface area contributed by atoms with E-state index in [0.29, 0.717) is 11.1 Å². The summed E-state index contributed by atoms with van der Waals surface area (Å²) in [7, 11) is 0. The van der Waals surface area contributed by atoms with Gasteiger partial charge in [-0.1, -0.05) is 37.3 Å². The smallest absolute Gasteiger partial charge is 0.338 e. The third-order valence-electron chi connectivity index (χ3n) is 4.99. The summed E-state index contributed by atoms with van der Waals surface area (Å²) >= 11 is 0. The van der Waals surface area contributed by atoms with Gasteiger partial charge in [0.1, 0.15) is 6.61 Å². The molecule has 0 saturated heterocycles. The predicted molar refractivity (Wildman–Crippen MR) is 102 cm³/mol. The monoisotopic (exact) mass is 359 g/mol. The largest absolute Gasteiger partial charge is 0.457 e. The van der Waals surface area contributed by atoms with Crippen molar-refractivity contribution < 1.29 is 14.5 Å². The number of carbonyl (C=O) groups is 1. The molecule has 1 aliphatic carbocycles. The highest BCUT2D eigenvalue weighted by Gasteiger charge is 2.26. The second kappa shape index (κ2) is 6.68. The molecule has 0 saturated carbocycles. The minimum Gasteiger partial charge on any atom is -0.457 e. The van der Waals surface area contributed by atoms with Gasteiger partial charge < -0.3 is 4.74 Å². The Morgan fingerprint density at radius 2 is 1.70 bits per heavy atom. The van der Waals surface area contributed by atoms with Crippen LogP contribution in [0.3, 0.4) is 0 Å². The number of benzene rings is 3. The summed E-state index contributed by atoms with van der Waals surface area (Å²) in [4.78, 5) is 22.7. The van der Waals surface area contributed by atoms with Crippen molar-refractivity contribution in [2.24, 2.45) is 0 Å². The molecule has 1 atom stereocenters. The van der Waals surface area contributed by atoms with Crippen LogP contribution in [-0.4, -0.2) is 10.9 Å². The second-order valence-electron chi connectivity index (χ2n) is 6.61. The van der Waals surface area contributed by atoms with Gasteiger partial charge in [0.05, 0.1) is 10.5 Å². The van der Waals surface area contributed by atoms with Crippen molar-refractivity contribution in [3.63, 3.8) is 0 Å². The maximum Gasteiger partial charge on any atom is 0.338 e. The van der Waals surface area contributed by atoms with Crippen LogP contribution in [0.2, 0.25) is 0 Å².